The average Bonchev–Trinajstić information content (AvgIpc) is 2.76. The van der Waals surface area contributed by atoms with E-state index in [-0.39, 0.29) is 11.2 Å². The highest BCUT2D eigenvalue weighted by Crippen LogP contribution is 2.36. The van der Waals surface area contributed by atoms with Gasteiger partial charge in [0.15, 0.2) is 5.13 Å². The third-order valence-electron chi connectivity index (χ3n) is 3.46. The number of phenols is 1. The molecular weight excluding hydrogens is 244 g/mol. The number of nitrogen functional groups attached to an aromatic ring is 1. The summed E-state index contributed by atoms with van der Waals surface area (Å²) in [6.45, 7) is 6.55. The van der Waals surface area contributed by atoms with Gasteiger partial charge in [-0.25, -0.2) is 4.98 Å². The second-order valence-electron chi connectivity index (χ2n) is 5.04. The van der Waals surface area contributed by atoms with Gasteiger partial charge in [0.25, 0.3) is 0 Å². The molecule has 0 amide bonds. The van der Waals surface area contributed by atoms with Gasteiger partial charge in [-0.1, -0.05) is 26.8 Å². The molecule has 0 fully saturated rings. The van der Waals surface area contributed by atoms with Gasteiger partial charge >= 0.3 is 0 Å². The number of hydrogen-bond donors (Lipinski definition) is 2. The number of hydrogen-bond acceptors (Lipinski definition) is 4. The van der Waals surface area contributed by atoms with Crippen LogP contribution in [0.5, 0.6) is 5.75 Å². The summed E-state index contributed by atoms with van der Waals surface area (Å²) in [7, 11) is 0. The molecule has 4 heteroatoms. The van der Waals surface area contributed by atoms with Gasteiger partial charge in [-0.15, -0.1) is 11.3 Å². The SMILES string of the molecule is CCC(C)(C)c1ccc(O)c(-c2csc(N)n2)c1. The second-order valence-corrected chi connectivity index (χ2v) is 5.93. The molecule has 1 aromatic carbocycles. The Labute approximate surface area is 111 Å². The molecule has 1 aromatic heterocycles. The van der Waals surface area contributed by atoms with Crippen molar-refractivity contribution in [2.24, 2.45) is 0 Å². The summed E-state index contributed by atoms with van der Waals surface area (Å²) in [5, 5.41) is 12.3. The molecule has 0 spiro atoms. The Hall–Kier alpha value is -1.55. The lowest BCUT2D eigenvalue weighted by Gasteiger charge is -2.24. The molecule has 1 heterocycles. The lowest BCUT2D eigenvalue weighted by atomic mass is 9.81. The van der Waals surface area contributed by atoms with Crippen LogP contribution in [0.4, 0.5) is 5.13 Å². The van der Waals surface area contributed by atoms with E-state index in [2.05, 4.69) is 25.8 Å². The highest BCUT2D eigenvalue weighted by Gasteiger charge is 2.20. The summed E-state index contributed by atoms with van der Waals surface area (Å²) in [6.07, 6.45) is 1.04. The predicted octanol–water partition coefficient (Wildman–Crippen LogP) is 3.79. The Morgan fingerprint density at radius 1 is 1.39 bits per heavy atom. The zero-order chi connectivity index (χ0) is 13.3. The Bertz CT molecular complexity index is 561. The summed E-state index contributed by atoms with van der Waals surface area (Å²) >= 11 is 1.38. The van der Waals surface area contributed by atoms with Crippen molar-refractivity contribution in [2.75, 3.05) is 5.73 Å². The van der Waals surface area contributed by atoms with Crippen molar-refractivity contribution < 1.29 is 5.11 Å². The smallest absolute Gasteiger partial charge is 0.180 e. The predicted molar refractivity (Wildman–Crippen MR) is 76.9 cm³/mol. The fourth-order valence-corrected chi connectivity index (χ4v) is 2.34. The molecule has 0 atom stereocenters. The van der Waals surface area contributed by atoms with Gasteiger partial charge in [0, 0.05) is 10.9 Å². The molecule has 0 unspecified atom stereocenters. The number of aromatic hydroxyl groups is 1. The molecule has 2 rings (SSSR count). The Morgan fingerprint density at radius 3 is 2.67 bits per heavy atom. The van der Waals surface area contributed by atoms with Crippen molar-refractivity contribution in [3.05, 3.63) is 29.1 Å². The van der Waals surface area contributed by atoms with Crippen molar-refractivity contribution in [2.45, 2.75) is 32.6 Å². The van der Waals surface area contributed by atoms with Crippen molar-refractivity contribution in [1.82, 2.24) is 4.98 Å². The van der Waals surface area contributed by atoms with Crippen LogP contribution in [0.3, 0.4) is 0 Å². The zero-order valence-electron chi connectivity index (χ0n) is 10.9. The first kappa shape index (κ1) is 12.9. The van der Waals surface area contributed by atoms with Crippen molar-refractivity contribution in [3.63, 3.8) is 0 Å². The number of anilines is 1. The Balaban J connectivity index is 2.51. The summed E-state index contributed by atoms with van der Waals surface area (Å²) < 4.78 is 0. The minimum Gasteiger partial charge on any atom is -0.507 e. The number of phenolic OH excluding ortho intramolecular Hbond substituents is 1. The van der Waals surface area contributed by atoms with E-state index in [9.17, 15) is 5.11 Å². The molecule has 0 aliphatic heterocycles. The monoisotopic (exact) mass is 262 g/mol. The molecule has 3 nitrogen and oxygen atoms in total. The Morgan fingerprint density at radius 2 is 2.11 bits per heavy atom. The van der Waals surface area contributed by atoms with Crippen LogP contribution in [-0.4, -0.2) is 10.1 Å². The van der Waals surface area contributed by atoms with E-state index < -0.39 is 0 Å². The summed E-state index contributed by atoms with van der Waals surface area (Å²) in [5.74, 6) is 0.246. The summed E-state index contributed by atoms with van der Waals surface area (Å²) in [6, 6.07) is 5.71. The molecule has 0 radical (unpaired) electrons. The number of thiazole rings is 1. The third-order valence-corrected chi connectivity index (χ3v) is 4.13. The standard InChI is InChI=1S/C14H18N2OS/c1-4-14(2,3)9-5-6-12(17)10(7-9)11-8-18-13(15)16-11/h5-8,17H,4H2,1-3H3,(H2,15,16). The van der Waals surface area contributed by atoms with Crippen LogP contribution >= 0.6 is 11.3 Å². The van der Waals surface area contributed by atoms with Crippen molar-refractivity contribution >= 4 is 16.5 Å². The highest BCUT2D eigenvalue weighted by molar-refractivity contribution is 7.13. The fourth-order valence-electron chi connectivity index (χ4n) is 1.78. The van der Waals surface area contributed by atoms with Gasteiger partial charge in [0.05, 0.1) is 5.69 Å². The zero-order valence-corrected chi connectivity index (χ0v) is 11.7. The van der Waals surface area contributed by atoms with Gasteiger partial charge in [0.2, 0.25) is 0 Å². The van der Waals surface area contributed by atoms with Gasteiger partial charge in [-0.3, -0.25) is 0 Å². The van der Waals surface area contributed by atoms with E-state index in [4.69, 9.17) is 5.73 Å². The maximum absolute atomic E-state index is 9.96. The molecule has 18 heavy (non-hydrogen) atoms. The molecule has 0 aliphatic carbocycles. The molecule has 96 valence electrons. The van der Waals surface area contributed by atoms with Crippen LogP contribution in [0.1, 0.15) is 32.8 Å². The van der Waals surface area contributed by atoms with Crippen LogP contribution in [0.25, 0.3) is 11.3 Å². The largest absolute Gasteiger partial charge is 0.507 e. The Kier molecular flexibility index (Phi) is 3.30. The lowest BCUT2D eigenvalue weighted by molar-refractivity contribution is 0.473. The van der Waals surface area contributed by atoms with Gasteiger partial charge < -0.3 is 10.8 Å². The number of rotatable bonds is 3. The first-order valence-corrected chi connectivity index (χ1v) is 6.87. The molecule has 2 aromatic rings. The van der Waals surface area contributed by atoms with Gasteiger partial charge in [0.1, 0.15) is 5.75 Å². The molecule has 0 saturated heterocycles. The third kappa shape index (κ3) is 2.34. The summed E-state index contributed by atoms with van der Waals surface area (Å²) in [4.78, 5) is 4.23. The van der Waals surface area contributed by atoms with Crippen molar-refractivity contribution in [3.8, 4) is 17.0 Å². The lowest BCUT2D eigenvalue weighted by Crippen LogP contribution is -2.15. The summed E-state index contributed by atoms with van der Waals surface area (Å²) in [5.41, 5.74) is 8.42. The molecule has 0 aliphatic rings. The van der Waals surface area contributed by atoms with E-state index in [1.165, 1.54) is 16.9 Å². The highest BCUT2D eigenvalue weighted by atomic mass is 32.1. The first-order valence-electron chi connectivity index (χ1n) is 5.99. The second kappa shape index (κ2) is 4.61. The molecule has 3 N–H and O–H groups in total. The van der Waals surface area contributed by atoms with Crippen LogP contribution in [-0.2, 0) is 5.41 Å². The van der Waals surface area contributed by atoms with Crippen LogP contribution < -0.4 is 5.73 Å². The molecule has 0 bridgehead atoms. The number of aromatic nitrogens is 1. The minimum absolute atomic E-state index is 0.0873. The van der Waals surface area contributed by atoms with Crippen LogP contribution in [0, 0.1) is 0 Å². The minimum atomic E-state index is 0.0873. The van der Waals surface area contributed by atoms with Gasteiger partial charge in [-0.05, 0) is 29.5 Å². The first-order chi connectivity index (χ1) is 8.44. The number of nitrogens with zero attached hydrogens (tertiary/aromatic N) is 1. The van der Waals surface area contributed by atoms with Gasteiger partial charge in [-0.2, -0.15) is 0 Å². The molecular formula is C14H18N2OS. The van der Waals surface area contributed by atoms with E-state index >= 15 is 0 Å². The maximum Gasteiger partial charge on any atom is 0.180 e. The fraction of sp³-hybridized carbons (Fsp3) is 0.357. The van der Waals surface area contributed by atoms with E-state index in [1.807, 2.05) is 17.5 Å². The number of benzene rings is 1. The van der Waals surface area contributed by atoms with E-state index in [1.54, 1.807) is 6.07 Å². The normalized spacial score (nSPS) is 11.7. The maximum atomic E-state index is 9.96. The molecule has 0 saturated carbocycles. The van der Waals surface area contributed by atoms with E-state index in [0.29, 0.717) is 5.13 Å². The van der Waals surface area contributed by atoms with Crippen molar-refractivity contribution in [1.29, 1.82) is 0 Å². The van der Waals surface area contributed by atoms with E-state index in [0.717, 1.165) is 17.7 Å². The topological polar surface area (TPSA) is 59.1 Å². The van der Waals surface area contributed by atoms with Crippen LogP contribution in [0.2, 0.25) is 0 Å². The number of nitrogens with two attached hydrogens (primary N) is 1. The average molecular weight is 262 g/mol. The quantitative estimate of drug-likeness (QED) is 0.884. The van der Waals surface area contributed by atoms with Crippen LogP contribution in [0.15, 0.2) is 23.6 Å².